The first kappa shape index (κ1) is 19.2. The van der Waals surface area contributed by atoms with E-state index in [1.54, 1.807) is 23.1 Å². The van der Waals surface area contributed by atoms with Crippen LogP contribution in [0, 0.1) is 5.82 Å². The van der Waals surface area contributed by atoms with Gasteiger partial charge in [-0.15, -0.1) is 0 Å². The van der Waals surface area contributed by atoms with Gasteiger partial charge in [-0.25, -0.2) is 12.8 Å². The second-order valence-corrected chi connectivity index (χ2v) is 7.95. The number of ether oxygens (including phenoxy) is 1. The molecule has 2 aromatic carbocycles. The van der Waals surface area contributed by atoms with Crippen molar-refractivity contribution in [3.63, 3.8) is 0 Å². The number of benzene rings is 2. The Morgan fingerprint density at radius 2 is 1.81 bits per heavy atom. The Kier molecular flexibility index (Phi) is 5.65. The van der Waals surface area contributed by atoms with Crippen LogP contribution in [0.1, 0.15) is 29.6 Å². The number of carbonyl (C=O) groups excluding carboxylic acids is 1. The van der Waals surface area contributed by atoms with Crippen molar-refractivity contribution in [1.82, 2.24) is 4.90 Å². The van der Waals surface area contributed by atoms with Gasteiger partial charge in [0.15, 0.2) is 0 Å². The third kappa shape index (κ3) is 4.21. The molecule has 0 aromatic heterocycles. The highest BCUT2D eigenvalue weighted by molar-refractivity contribution is 7.92. The molecule has 27 heavy (non-hydrogen) atoms. The minimum atomic E-state index is -4.24. The number of hydrogen-bond acceptors (Lipinski definition) is 4. The number of likely N-dealkylation sites (tertiary alicyclic amines) is 1. The third-order valence-electron chi connectivity index (χ3n) is 4.46. The molecule has 0 saturated carbocycles. The average molecular weight is 392 g/mol. The summed E-state index contributed by atoms with van der Waals surface area (Å²) in [4.78, 5) is 13.7. The maximum absolute atomic E-state index is 14.3. The van der Waals surface area contributed by atoms with Crippen LogP contribution in [-0.4, -0.2) is 39.4 Å². The predicted octanol–water partition coefficient (Wildman–Crippen LogP) is 3.26. The van der Waals surface area contributed by atoms with Gasteiger partial charge < -0.3 is 9.64 Å². The highest BCUT2D eigenvalue weighted by Gasteiger charge is 2.25. The maximum atomic E-state index is 14.3. The van der Waals surface area contributed by atoms with Gasteiger partial charge in [-0.2, -0.15) is 0 Å². The first-order valence-corrected chi connectivity index (χ1v) is 10.2. The highest BCUT2D eigenvalue weighted by Crippen LogP contribution is 2.27. The van der Waals surface area contributed by atoms with E-state index in [1.807, 2.05) is 0 Å². The van der Waals surface area contributed by atoms with E-state index in [0.29, 0.717) is 18.8 Å². The molecule has 1 aliphatic rings. The van der Waals surface area contributed by atoms with Crippen molar-refractivity contribution in [2.24, 2.45) is 0 Å². The topological polar surface area (TPSA) is 75.7 Å². The molecular weight excluding hydrogens is 371 g/mol. The molecule has 1 fully saturated rings. The monoisotopic (exact) mass is 392 g/mol. The predicted molar refractivity (Wildman–Crippen MR) is 100.0 cm³/mol. The second-order valence-electron chi connectivity index (χ2n) is 6.30. The maximum Gasteiger partial charge on any atom is 0.264 e. The summed E-state index contributed by atoms with van der Waals surface area (Å²) >= 11 is 0. The number of carbonyl (C=O) groups is 1. The Labute approximate surface area is 158 Å². The van der Waals surface area contributed by atoms with E-state index >= 15 is 0 Å². The Morgan fingerprint density at radius 1 is 1.11 bits per heavy atom. The van der Waals surface area contributed by atoms with Crippen LogP contribution in [0.2, 0.25) is 0 Å². The molecule has 2 aromatic rings. The number of nitrogens with zero attached hydrogens (tertiary/aromatic N) is 1. The van der Waals surface area contributed by atoms with Crippen LogP contribution >= 0.6 is 0 Å². The molecular formula is C19H21FN2O4S. The molecule has 0 aliphatic carbocycles. The van der Waals surface area contributed by atoms with Gasteiger partial charge in [-0.1, -0.05) is 12.1 Å². The number of anilines is 1. The summed E-state index contributed by atoms with van der Waals surface area (Å²) in [7, 11) is -2.83. The van der Waals surface area contributed by atoms with E-state index in [1.165, 1.54) is 19.2 Å². The van der Waals surface area contributed by atoms with Gasteiger partial charge in [0.25, 0.3) is 15.9 Å². The number of para-hydroxylation sites is 2. The lowest BCUT2D eigenvalue weighted by Gasteiger charge is -2.26. The number of methoxy groups -OCH3 is 1. The molecule has 1 amide bonds. The van der Waals surface area contributed by atoms with E-state index in [0.717, 1.165) is 31.4 Å². The van der Waals surface area contributed by atoms with Gasteiger partial charge in [-0.05, 0) is 49.6 Å². The molecule has 1 heterocycles. The SMILES string of the molecule is COc1ccccc1NS(=O)(=O)c1cc(C(=O)N2CCCCC2)ccc1F. The summed E-state index contributed by atoms with van der Waals surface area (Å²) in [5.74, 6) is -0.905. The zero-order valence-corrected chi connectivity index (χ0v) is 15.8. The van der Waals surface area contributed by atoms with E-state index in [2.05, 4.69) is 4.72 Å². The molecule has 1 aliphatic heterocycles. The van der Waals surface area contributed by atoms with Crippen molar-refractivity contribution < 1.29 is 22.3 Å². The van der Waals surface area contributed by atoms with Crippen molar-refractivity contribution in [3.05, 3.63) is 53.8 Å². The standard InChI is InChI=1S/C19H21FN2O4S/c1-26-17-8-4-3-7-16(17)21-27(24,25)18-13-14(9-10-15(18)20)19(23)22-11-5-2-6-12-22/h3-4,7-10,13,21H,2,5-6,11-12H2,1H3. The van der Waals surface area contributed by atoms with Gasteiger partial charge in [-0.3, -0.25) is 9.52 Å². The zero-order chi connectivity index (χ0) is 19.4. The van der Waals surface area contributed by atoms with Crippen LogP contribution in [0.25, 0.3) is 0 Å². The number of nitrogens with one attached hydrogen (secondary N) is 1. The summed E-state index contributed by atoms with van der Waals surface area (Å²) < 4.78 is 47.1. The van der Waals surface area contributed by atoms with Crippen LogP contribution < -0.4 is 9.46 Å². The fourth-order valence-electron chi connectivity index (χ4n) is 3.05. The summed E-state index contributed by atoms with van der Waals surface area (Å²) in [5.41, 5.74) is 0.339. The summed E-state index contributed by atoms with van der Waals surface area (Å²) in [6, 6.07) is 9.83. The molecule has 6 nitrogen and oxygen atoms in total. The van der Waals surface area contributed by atoms with Crippen molar-refractivity contribution in [2.45, 2.75) is 24.2 Å². The number of sulfonamides is 1. The first-order valence-electron chi connectivity index (χ1n) is 8.67. The molecule has 3 rings (SSSR count). The first-order chi connectivity index (χ1) is 12.9. The number of hydrogen-bond donors (Lipinski definition) is 1. The molecule has 0 atom stereocenters. The molecule has 0 unspecified atom stereocenters. The van der Waals surface area contributed by atoms with Crippen molar-refractivity contribution in [1.29, 1.82) is 0 Å². The number of halogens is 1. The van der Waals surface area contributed by atoms with Gasteiger partial charge in [0, 0.05) is 18.7 Å². The normalized spacial score (nSPS) is 14.7. The number of piperidine rings is 1. The van der Waals surface area contributed by atoms with Gasteiger partial charge >= 0.3 is 0 Å². The van der Waals surface area contributed by atoms with Gasteiger partial charge in [0.05, 0.1) is 12.8 Å². The minimum absolute atomic E-state index is 0.152. The van der Waals surface area contributed by atoms with Crippen LogP contribution in [-0.2, 0) is 10.0 Å². The molecule has 144 valence electrons. The third-order valence-corrected chi connectivity index (χ3v) is 5.84. The second kappa shape index (κ2) is 7.96. The van der Waals surface area contributed by atoms with E-state index < -0.39 is 20.7 Å². The smallest absolute Gasteiger partial charge is 0.264 e. The molecule has 8 heteroatoms. The Hall–Kier alpha value is -2.61. The molecule has 1 saturated heterocycles. The lowest BCUT2D eigenvalue weighted by molar-refractivity contribution is 0.0724. The fourth-order valence-corrected chi connectivity index (χ4v) is 4.23. The van der Waals surface area contributed by atoms with Crippen LogP contribution in [0.5, 0.6) is 5.75 Å². The average Bonchev–Trinajstić information content (AvgIpc) is 2.68. The van der Waals surface area contributed by atoms with E-state index in [9.17, 15) is 17.6 Å². The fraction of sp³-hybridized carbons (Fsp3) is 0.316. The highest BCUT2D eigenvalue weighted by atomic mass is 32.2. The summed E-state index contributed by atoms with van der Waals surface area (Å²) in [6.07, 6.45) is 2.89. The number of amides is 1. The van der Waals surface area contributed by atoms with Gasteiger partial charge in [0.2, 0.25) is 0 Å². The van der Waals surface area contributed by atoms with Crippen molar-refractivity contribution in [3.8, 4) is 5.75 Å². The number of rotatable bonds is 5. The summed E-state index contributed by atoms with van der Waals surface area (Å²) in [6.45, 7) is 1.25. The molecule has 1 N–H and O–H groups in total. The van der Waals surface area contributed by atoms with Gasteiger partial charge in [0.1, 0.15) is 16.5 Å². The quantitative estimate of drug-likeness (QED) is 0.847. The molecule has 0 bridgehead atoms. The van der Waals surface area contributed by atoms with E-state index in [-0.39, 0.29) is 17.2 Å². The minimum Gasteiger partial charge on any atom is -0.495 e. The van der Waals surface area contributed by atoms with Crippen molar-refractivity contribution in [2.75, 3.05) is 24.9 Å². The van der Waals surface area contributed by atoms with E-state index in [4.69, 9.17) is 4.74 Å². The summed E-state index contributed by atoms with van der Waals surface area (Å²) in [5, 5.41) is 0. The van der Waals surface area contributed by atoms with Crippen LogP contribution in [0.15, 0.2) is 47.4 Å². The largest absolute Gasteiger partial charge is 0.495 e. The van der Waals surface area contributed by atoms with Crippen LogP contribution in [0.4, 0.5) is 10.1 Å². The zero-order valence-electron chi connectivity index (χ0n) is 14.9. The lowest BCUT2D eigenvalue weighted by atomic mass is 10.1. The lowest BCUT2D eigenvalue weighted by Crippen LogP contribution is -2.35. The molecule has 0 radical (unpaired) electrons. The Morgan fingerprint density at radius 3 is 2.52 bits per heavy atom. The molecule has 0 spiro atoms. The Balaban J connectivity index is 1.92. The Bertz CT molecular complexity index is 940. The van der Waals surface area contributed by atoms with Crippen molar-refractivity contribution >= 4 is 21.6 Å². The van der Waals surface area contributed by atoms with Crippen LogP contribution in [0.3, 0.4) is 0 Å².